The molecular weight excluding hydrogens is 621 g/mol. The molecule has 0 bridgehead atoms. The molecular formula is C40H32N10. The maximum absolute atomic E-state index is 4.92. The second kappa shape index (κ2) is 14.9. The van der Waals surface area contributed by atoms with E-state index in [1.54, 1.807) is 24.8 Å². The maximum Gasteiger partial charge on any atom is 0.172 e. The zero-order valence-electron chi connectivity index (χ0n) is 27.4. The highest BCUT2D eigenvalue weighted by atomic mass is 15.3. The third-order valence-corrected chi connectivity index (χ3v) is 7.81. The number of aromatic nitrogens is 4. The lowest BCUT2D eigenvalue weighted by molar-refractivity contribution is 1.01. The fraction of sp³-hybridized carbons (Fsp3) is 0.0500. The summed E-state index contributed by atoms with van der Waals surface area (Å²) < 4.78 is 0. The van der Waals surface area contributed by atoms with Gasteiger partial charge in [-0.3, -0.25) is 20.8 Å². The van der Waals surface area contributed by atoms with Crippen LogP contribution in [0.4, 0.5) is 11.4 Å². The number of para-hydroxylation sites is 2. The van der Waals surface area contributed by atoms with E-state index in [9.17, 15) is 0 Å². The summed E-state index contributed by atoms with van der Waals surface area (Å²) in [6.07, 6.45) is 6.78. The summed E-state index contributed by atoms with van der Waals surface area (Å²) in [5.41, 5.74) is 14.1. The predicted octanol–water partition coefficient (Wildman–Crippen LogP) is 7.59. The van der Waals surface area contributed by atoms with Gasteiger partial charge in [0.1, 0.15) is 11.4 Å². The topological polar surface area (TPSA) is 125 Å². The third kappa shape index (κ3) is 7.45. The third-order valence-electron chi connectivity index (χ3n) is 7.81. The van der Waals surface area contributed by atoms with Crippen molar-refractivity contribution in [1.82, 2.24) is 30.8 Å². The van der Waals surface area contributed by atoms with Crippen molar-refractivity contribution in [3.05, 3.63) is 168 Å². The highest BCUT2D eigenvalue weighted by molar-refractivity contribution is 6.05. The van der Waals surface area contributed by atoms with E-state index in [0.29, 0.717) is 34.4 Å². The fourth-order valence-electron chi connectivity index (χ4n) is 5.16. The maximum atomic E-state index is 4.92. The van der Waals surface area contributed by atoms with Crippen LogP contribution < -0.4 is 10.9 Å². The number of nitrogens with one attached hydrogen (secondary N) is 2. The number of hydrazone groups is 2. The molecule has 4 heterocycles. The molecule has 3 aromatic carbocycles. The van der Waals surface area contributed by atoms with Crippen molar-refractivity contribution in [2.45, 2.75) is 13.8 Å². The second-order valence-electron chi connectivity index (χ2n) is 11.3. The lowest BCUT2D eigenvalue weighted by Gasteiger charge is -2.07. The minimum absolute atomic E-state index is 0.525. The molecule has 0 aliphatic carbocycles. The Kier molecular flexibility index (Phi) is 9.41. The first-order chi connectivity index (χ1) is 24.6. The molecule has 10 heteroatoms. The van der Waals surface area contributed by atoms with Gasteiger partial charge in [-0.15, -0.1) is 0 Å². The first kappa shape index (κ1) is 31.6. The largest absolute Gasteiger partial charge is 0.259 e. The van der Waals surface area contributed by atoms with E-state index >= 15 is 0 Å². The minimum Gasteiger partial charge on any atom is -0.259 e. The van der Waals surface area contributed by atoms with Crippen molar-refractivity contribution in [3.63, 3.8) is 0 Å². The van der Waals surface area contributed by atoms with E-state index in [2.05, 4.69) is 31.0 Å². The monoisotopic (exact) mass is 652 g/mol. The first-order valence-electron chi connectivity index (χ1n) is 16.0. The Hall–Kier alpha value is -6.94. The van der Waals surface area contributed by atoms with Crippen molar-refractivity contribution in [1.29, 1.82) is 0 Å². The van der Waals surface area contributed by atoms with E-state index in [1.165, 1.54) is 0 Å². The van der Waals surface area contributed by atoms with Gasteiger partial charge in [0.05, 0.1) is 46.2 Å². The Labute approximate surface area is 289 Å². The molecule has 0 spiro atoms. The fourth-order valence-corrected chi connectivity index (χ4v) is 5.16. The number of rotatable bonds is 8. The summed E-state index contributed by atoms with van der Waals surface area (Å²) in [6, 6.07) is 39.1. The molecule has 0 fully saturated rings. The lowest BCUT2D eigenvalue weighted by atomic mass is 10.1. The Balaban J connectivity index is 1.16. The van der Waals surface area contributed by atoms with Gasteiger partial charge >= 0.3 is 0 Å². The normalized spacial score (nSPS) is 12.3. The zero-order valence-corrected chi connectivity index (χ0v) is 27.4. The van der Waals surface area contributed by atoms with Gasteiger partial charge in [-0.2, -0.15) is 10.2 Å². The van der Waals surface area contributed by atoms with E-state index in [-0.39, 0.29) is 0 Å². The summed E-state index contributed by atoms with van der Waals surface area (Å²) in [6.45, 7) is 4.04. The Morgan fingerprint density at radius 2 is 0.920 bits per heavy atom. The summed E-state index contributed by atoms with van der Waals surface area (Å²) in [5.74, 6) is 1.05. The smallest absolute Gasteiger partial charge is 0.172 e. The number of hydrogen-bond donors (Lipinski definition) is 2. The van der Waals surface area contributed by atoms with Crippen molar-refractivity contribution in [2.75, 3.05) is 0 Å². The van der Waals surface area contributed by atoms with Crippen LogP contribution in [0.1, 0.15) is 33.9 Å². The summed E-state index contributed by atoms with van der Waals surface area (Å²) in [7, 11) is 0. The average molecular weight is 653 g/mol. The molecule has 0 atom stereocenters. The molecule has 50 heavy (non-hydrogen) atoms. The number of hydrogen-bond acceptors (Lipinski definition) is 8. The molecule has 10 nitrogen and oxygen atoms in total. The molecule has 2 N–H and O–H groups in total. The van der Waals surface area contributed by atoms with Crippen LogP contribution in [0, 0.1) is 13.8 Å². The van der Waals surface area contributed by atoms with Crippen LogP contribution in [0.3, 0.4) is 0 Å². The van der Waals surface area contributed by atoms with Crippen LogP contribution >= 0.6 is 0 Å². The Morgan fingerprint density at radius 3 is 1.34 bits per heavy atom. The van der Waals surface area contributed by atoms with Gasteiger partial charge in [0.15, 0.2) is 11.7 Å². The Bertz CT molecular complexity index is 2230. The number of aliphatic imine (C=N–C) groups is 2. The number of fused-ring (bicyclic) bond motifs is 3. The SMILES string of the molecule is Cc1ccccc1N=C(N/N=C/c1ccc2ccc3ccc(/C=N/NC(=Nc4ccccc4C)c4ccccn4)nc3c2n1)c1ccccn1. The van der Waals surface area contributed by atoms with Gasteiger partial charge in [-0.05, 0) is 73.5 Å². The van der Waals surface area contributed by atoms with Crippen molar-refractivity contribution < 1.29 is 0 Å². The average Bonchev–Trinajstić information content (AvgIpc) is 3.16. The molecule has 7 aromatic rings. The quantitative estimate of drug-likeness (QED) is 0.0754. The van der Waals surface area contributed by atoms with Gasteiger partial charge in [-0.1, -0.05) is 72.8 Å². The van der Waals surface area contributed by atoms with E-state index < -0.39 is 0 Å². The Morgan fingerprint density at radius 1 is 0.500 bits per heavy atom. The zero-order chi connectivity index (χ0) is 34.1. The second-order valence-corrected chi connectivity index (χ2v) is 11.3. The van der Waals surface area contributed by atoms with Crippen LogP contribution in [0.15, 0.2) is 154 Å². The first-order valence-corrected chi connectivity index (χ1v) is 16.0. The van der Waals surface area contributed by atoms with Gasteiger partial charge < -0.3 is 0 Å². The molecule has 242 valence electrons. The van der Waals surface area contributed by atoms with E-state index in [4.69, 9.17) is 20.0 Å². The summed E-state index contributed by atoms with van der Waals surface area (Å²) >= 11 is 0. The lowest BCUT2D eigenvalue weighted by Crippen LogP contribution is -2.20. The van der Waals surface area contributed by atoms with Crippen LogP contribution in [-0.4, -0.2) is 44.0 Å². The molecule has 0 aliphatic heterocycles. The van der Waals surface area contributed by atoms with Gasteiger partial charge in [0, 0.05) is 23.2 Å². The molecule has 0 saturated heterocycles. The van der Waals surface area contributed by atoms with E-state index in [1.807, 2.05) is 135 Å². The number of nitrogens with zero attached hydrogens (tertiary/aromatic N) is 8. The van der Waals surface area contributed by atoms with Gasteiger partial charge in [0.2, 0.25) is 0 Å². The molecule has 0 aliphatic rings. The minimum atomic E-state index is 0.525. The number of aryl methyl sites for hydroxylation is 2. The van der Waals surface area contributed by atoms with E-state index in [0.717, 1.165) is 44.3 Å². The van der Waals surface area contributed by atoms with Crippen LogP contribution in [0.5, 0.6) is 0 Å². The summed E-state index contributed by atoms with van der Waals surface area (Å²) in [5, 5.41) is 10.9. The van der Waals surface area contributed by atoms with Crippen LogP contribution in [-0.2, 0) is 0 Å². The van der Waals surface area contributed by atoms with Crippen molar-refractivity contribution in [3.8, 4) is 0 Å². The molecule has 7 rings (SSSR count). The number of amidine groups is 2. The molecule has 0 amide bonds. The molecule has 0 saturated carbocycles. The molecule has 4 aromatic heterocycles. The van der Waals surface area contributed by atoms with Crippen LogP contribution in [0.25, 0.3) is 21.8 Å². The molecule has 0 unspecified atom stereocenters. The molecule has 0 radical (unpaired) electrons. The van der Waals surface area contributed by atoms with Gasteiger partial charge in [0.25, 0.3) is 0 Å². The van der Waals surface area contributed by atoms with Crippen molar-refractivity contribution >= 4 is 57.3 Å². The van der Waals surface area contributed by atoms with Crippen LogP contribution in [0.2, 0.25) is 0 Å². The van der Waals surface area contributed by atoms with Crippen molar-refractivity contribution in [2.24, 2.45) is 20.2 Å². The highest BCUT2D eigenvalue weighted by Gasteiger charge is 2.09. The summed E-state index contributed by atoms with van der Waals surface area (Å²) in [4.78, 5) is 28.4. The van der Waals surface area contributed by atoms with Gasteiger partial charge in [-0.25, -0.2) is 20.0 Å². The predicted molar refractivity (Wildman–Crippen MR) is 202 cm³/mol. The standard InChI is InChI=1S/C40H32N10/c1-27-11-3-5-13-33(27)47-39(35-15-7-9-23-41-35)49-43-25-31-21-19-29-17-18-30-20-22-32(46-38(30)37(29)45-31)26-44-50-40(36-16-8-10-24-42-36)48-34-14-6-4-12-28(34)2/h3-26H,1-2H3,(H,47,49)(H,48,50)/b43-25+,44-26+. The number of pyridine rings is 4. The highest BCUT2D eigenvalue weighted by Crippen LogP contribution is 2.23. The number of benzene rings is 3.